The second kappa shape index (κ2) is 9.00. The molecule has 0 radical (unpaired) electrons. The van der Waals surface area contributed by atoms with Gasteiger partial charge in [0.25, 0.3) is 11.6 Å². The van der Waals surface area contributed by atoms with E-state index in [0.29, 0.717) is 17.4 Å². The van der Waals surface area contributed by atoms with E-state index >= 15 is 0 Å². The van der Waals surface area contributed by atoms with Gasteiger partial charge in [-0.3, -0.25) is 19.7 Å². The van der Waals surface area contributed by atoms with Crippen LogP contribution in [0.1, 0.15) is 30.6 Å². The first-order chi connectivity index (χ1) is 12.3. The Hall–Kier alpha value is -2.13. The maximum atomic E-state index is 12.6. The molecule has 1 aromatic carbocycles. The third-order valence-corrected chi connectivity index (χ3v) is 5.12. The van der Waals surface area contributed by atoms with Crippen LogP contribution in [-0.4, -0.2) is 53.2 Å². The van der Waals surface area contributed by atoms with Crippen molar-refractivity contribution in [1.29, 1.82) is 0 Å². The molecule has 2 amide bonds. The molecule has 1 aromatic rings. The van der Waals surface area contributed by atoms with Crippen molar-refractivity contribution >= 4 is 29.3 Å². The van der Waals surface area contributed by atoms with E-state index < -0.39 is 16.9 Å². The van der Waals surface area contributed by atoms with Crippen molar-refractivity contribution < 1.29 is 19.2 Å². The molecule has 1 aliphatic rings. The first kappa shape index (κ1) is 20.2. The summed E-state index contributed by atoms with van der Waals surface area (Å²) in [5, 5.41) is 11.4. The van der Waals surface area contributed by atoms with Crippen LogP contribution in [0.4, 0.5) is 5.69 Å². The molecule has 0 aliphatic carbocycles. The Morgan fingerprint density at radius 3 is 2.81 bits per heavy atom. The number of nitro benzene ring substituents is 1. The molecule has 2 N–H and O–H groups in total. The van der Waals surface area contributed by atoms with E-state index in [1.54, 1.807) is 12.1 Å². The first-order valence-corrected chi connectivity index (χ1v) is 9.39. The molecular weight excluding hydrogens is 358 g/mol. The molecule has 26 heavy (non-hydrogen) atoms. The maximum Gasteiger partial charge on any atom is 0.283 e. The highest BCUT2D eigenvalue weighted by atomic mass is 32.2. The molecule has 1 heterocycles. The predicted molar refractivity (Wildman–Crippen MR) is 98.1 cm³/mol. The minimum atomic E-state index is -0.853. The van der Waals surface area contributed by atoms with Crippen molar-refractivity contribution in [3.63, 3.8) is 0 Å². The van der Waals surface area contributed by atoms with Gasteiger partial charge in [0, 0.05) is 18.2 Å². The van der Waals surface area contributed by atoms with Crippen LogP contribution in [0.5, 0.6) is 0 Å². The van der Waals surface area contributed by atoms with Gasteiger partial charge in [0.1, 0.15) is 0 Å². The molecule has 1 aliphatic heterocycles. The summed E-state index contributed by atoms with van der Waals surface area (Å²) in [6, 6.07) is 4.50. The molecule has 0 saturated carbocycles. The van der Waals surface area contributed by atoms with Gasteiger partial charge in [-0.25, -0.2) is 0 Å². The number of primary amides is 1. The van der Waals surface area contributed by atoms with Crippen LogP contribution < -0.4 is 5.73 Å². The summed E-state index contributed by atoms with van der Waals surface area (Å²) in [5.41, 5.74) is 5.36. The maximum absolute atomic E-state index is 12.6. The lowest BCUT2D eigenvalue weighted by Crippen LogP contribution is -2.50. The Morgan fingerprint density at radius 2 is 2.19 bits per heavy atom. The Balaban J connectivity index is 2.16. The molecular formula is C17H23N3O5S. The number of amides is 2. The van der Waals surface area contributed by atoms with Gasteiger partial charge in [-0.05, 0) is 30.2 Å². The Morgan fingerprint density at radius 1 is 1.46 bits per heavy atom. The van der Waals surface area contributed by atoms with E-state index in [1.165, 1.54) is 22.7 Å². The van der Waals surface area contributed by atoms with E-state index in [0.717, 1.165) is 12.2 Å². The molecule has 0 bridgehead atoms. The number of carbonyl (C=O) groups is 2. The minimum absolute atomic E-state index is 0.0485. The molecule has 1 saturated heterocycles. The lowest BCUT2D eigenvalue weighted by atomic mass is 10.1. The van der Waals surface area contributed by atoms with Crippen molar-refractivity contribution in [1.82, 2.24) is 4.90 Å². The molecule has 9 heteroatoms. The number of nitrogens with two attached hydrogens (primary N) is 1. The fourth-order valence-corrected chi connectivity index (χ4v) is 3.76. The fraction of sp³-hybridized carbons (Fsp3) is 0.529. The molecule has 1 atom stereocenters. The number of nitrogens with zero attached hydrogens (tertiary/aromatic N) is 2. The molecule has 0 spiro atoms. The lowest BCUT2D eigenvalue weighted by molar-refractivity contribution is -0.387. The summed E-state index contributed by atoms with van der Waals surface area (Å²) in [7, 11) is 0. The molecule has 8 nitrogen and oxygen atoms in total. The Kier molecular flexibility index (Phi) is 6.98. The standard InChI is InChI=1S/C17H23N3O5S/c1-11(2)5-8-26-15-4-3-12(9-13(15)20(23)24)17(22)19-6-7-25-14(10-19)16(18)21/h3-4,9,11,14H,5-8,10H2,1-2H3,(H2,18,21). The van der Waals surface area contributed by atoms with Crippen LogP contribution in [0, 0.1) is 16.0 Å². The SMILES string of the molecule is CC(C)CCSc1ccc(C(=O)N2CCOC(C(N)=O)C2)cc1[N+](=O)[O-]. The number of thioether (sulfide) groups is 1. The summed E-state index contributed by atoms with van der Waals surface area (Å²) < 4.78 is 5.22. The number of carbonyl (C=O) groups excluding carboxylic acids is 2. The highest BCUT2D eigenvalue weighted by Gasteiger charge is 2.29. The first-order valence-electron chi connectivity index (χ1n) is 8.41. The topological polar surface area (TPSA) is 116 Å². The van der Waals surface area contributed by atoms with Crippen molar-refractivity contribution in [3.8, 4) is 0 Å². The van der Waals surface area contributed by atoms with Crippen LogP contribution >= 0.6 is 11.8 Å². The molecule has 0 aromatic heterocycles. The smallest absolute Gasteiger partial charge is 0.283 e. The summed E-state index contributed by atoms with van der Waals surface area (Å²) >= 11 is 1.42. The number of hydrogen-bond acceptors (Lipinski definition) is 6. The largest absolute Gasteiger partial charge is 0.367 e. The van der Waals surface area contributed by atoms with Crippen LogP contribution in [0.3, 0.4) is 0 Å². The van der Waals surface area contributed by atoms with E-state index in [9.17, 15) is 19.7 Å². The number of nitro groups is 1. The quantitative estimate of drug-likeness (QED) is 0.439. The van der Waals surface area contributed by atoms with Gasteiger partial charge in [0.2, 0.25) is 5.91 Å². The van der Waals surface area contributed by atoms with Crippen LogP contribution in [0.15, 0.2) is 23.1 Å². The van der Waals surface area contributed by atoms with E-state index in [4.69, 9.17) is 10.5 Å². The monoisotopic (exact) mass is 381 g/mol. The van der Waals surface area contributed by atoms with Gasteiger partial charge < -0.3 is 15.4 Å². The third kappa shape index (κ3) is 5.18. The second-order valence-corrected chi connectivity index (χ2v) is 7.62. The summed E-state index contributed by atoms with van der Waals surface area (Å²) in [6.07, 6.45) is 0.0960. The van der Waals surface area contributed by atoms with Gasteiger partial charge in [-0.15, -0.1) is 11.8 Å². The summed E-state index contributed by atoms with van der Waals surface area (Å²) in [6.45, 7) is 4.75. The highest BCUT2D eigenvalue weighted by molar-refractivity contribution is 7.99. The zero-order chi connectivity index (χ0) is 19.3. The summed E-state index contributed by atoms with van der Waals surface area (Å²) in [4.78, 5) is 36.8. The Labute approximate surface area is 156 Å². The van der Waals surface area contributed by atoms with Crippen molar-refractivity contribution in [2.75, 3.05) is 25.4 Å². The van der Waals surface area contributed by atoms with Gasteiger partial charge in [0.05, 0.1) is 23.0 Å². The van der Waals surface area contributed by atoms with E-state index in [1.807, 2.05) is 0 Å². The van der Waals surface area contributed by atoms with Crippen molar-refractivity contribution in [2.24, 2.45) is 11.7 Å². The van der Waals surface area contributed by atoms with Crippen molar-refractivity contribution in [2.45, 2.75) is 31.3 Å². The van der Waals surface area contributed by atoms with Gasteiger partial charge in [-0.2, -0.15) is 0 Å². The number of benzene rings is 1. The molecule has 2 rings (SSSR count). The third-order valence-electron chi connectivity index (χ3n) is 4.03. The average Bonchev–Trinajstić information content (AvgIpc) is 2.61. The zero-order valence-corrected chi connectivity index (χ0v) is 15.7. The van der Waals surface area contributed by atoms with Gasteiger partial charge >= 0.3 is 0 Å². The predicted octanol–water partition coefficient (Wildman–Crippen LogP) is 2.06. The van der Waals surface area contributed by atoms with Crippen LogP contribution in [0.25, 0.3) is 0 Å². The number of ether oxygens (including phenoxy) is 1. The average molecular weight is 381 g/mol. The number of morpholine rings is 1. The number of hydrogen-bond donors (Lipinski definition) is 1. The Bertz CT molecular complexity index is 695. The van der Waals surface area contributed by atoms with Gasteiger partial charge in [0.15, 0.2) is 6.10 Å². The normalized spacial score (nSPS) is 17.3. The number of rotatable bonds is 7. The fourth-order valence-electron chi connectivity index (χ4n) is 2.51. The van der Waals surface area contributed by atoms with Crippen LogP contribution in [0.2, 0.25) is 0 Å². The van der Waals surface area contributed by atoms with Gasteiger partial charge in [-0.1, -0.05) is 13.8 Å². The zero-order valence-electron chi connectivity index (χ0n) is 14.8. The molecule has 1 unspecified atom stereocenters. The highest BCUT2D eigenvalue weighted by Crippen LogP contribution is 2.31. The summed E-state index contributed by atoms with van der Waals surface area (Å²) in [5.74, 6) is 0.281. The van der Waals surface area contributed by atoms with E-state index in [2.05, 4.69) is 13.8 Å². The van der Waals surface area contributed by atoms with Crippen LogP contribution in [-0.2, 0) is 9.53 Å². The minimum Gasteiger partial charge on any atom is -0.367 e. The van der Waals surface area contributed by atoms with Crippen molar-refractivity contribution in [3.05, 3.63) is 33.9 Å². The second-order valence-electron chi connectivity index (χ2n) is 6.48. The molecule has 142 valence electrons. The van der Waals surface area contributed by atoms with E-state index in [-0.39, 0.29) is 30.3 Å². The molecule has 1 fully saturated rings. The lowest BCUT2D eigenvalue weighted by Gasteiger charge is -2.31.